The fourth-order valence-corrected chi connectivity index (χ4v) is 1.21. The summed E-state index contributed by atoms with van der Waals surface area (Å²) in [5.41, 5.74) is 0. The molecule has 3 nitrogen and oxygen atoms in total. The SMILES string of the molecule is C=CCN(C(C)=O)C(=S)NC(C)C(F)(F)F. The summed E-state index contributed by atoms with van der Waals surface area (Å²) in [6.45, 7) is 5.61. The number of carbonyl (C=O) groups is 1. The van der Waals surface area contributed by atoms with Crippen molar-refractivity contribution in [2.45, 2.75) is 26.1 Å². The predicted octanol–water partition coefficient (Wildman–Crippen LogP) is 1.85. The second kappa shape index (κ2) is 5.83. The lowest BCUT2D eigenvalue weighted by atomic mass is 10.3. The topological polar surface area (TPSA) is 32.3 Å². The standard InChI is InChI=1S/C9H13F3N2OS/c1-4-5-14(7(3)15)8(16)13-6(2)9(10,11)12/h4,6H,1,5H2,2-3H3,(H,13,16). The van der Waals surface area contributed by atoms with Gasteiger partial charge in [0.2, 0.25) is 5.91 Å². The van der Waals surface area contributed by atoms with Gasteiger partial charge in [-0.25, -0.2) is 0 Å². The van der Waals surface area contributed by atoms with E-state index in [9.17, 15) is 18.0 Å². The third-order valence-electron chi connectivity index (χ3n) is 1.77. The van der Waals surface area contributed by atoms with Crippen molar-refractivity contribution in [1.29, 1.82) is 0 Å². The molecule has 7 heteroatoms. The van der Waals surface area contributed by atoms with Gasteiger partial charge in [0.05, 0.1) is 0 Å². The molecule has 0 saturated carbocycles. The van der Waals surface area contributed by atoms with Gasteiger partial charge in [-0.2, -0.15) is 13.2 Å². The van der Waals surface area contributed by atoms with E-state index in [4.69, 9.17) is 12.2 Å². The van der Waals surface area contributed by atoms with Crippen molar-refractivity contribution in [3.63, 3.8) is 0 Å². The molecule has 0 aromatic rings. The van der Waals surface area contributed by atoms with Crippen LogP contribution in [0, 0.1) is 0 Å². The number of amides is 1. The molecule has 92 valence electrons. The van der Waals surface area contributed by atoms with Crippen molar-refractivity contribution in [3.05, 3.63) is 12.7 Å². The number of thiocarbonyl (C=S) groups is 1. The summed E-state index contributed by atoms with van der Waals surface area (Å²) in [4.78, 5) is 12.1. The molecule has 0 heterocycles. The molecule has 0 rings (SSSR count). The van der Waals surface area contributed by atoms with E-state index in [1.165, 1.54) is 13.0 Å². The van der Waals surface area contributed by atoms with Gasteiger partial charge in [0.1, 0.15) is 6.04 Å². The van der Waals surface area contributed by atoms with Crippen LogP contribution < -0.4 is 5.32 Å². The van der Waals surface area contributed by atoms with E-state index >= 15 is 0 Å². The minimum absolute atomic E-state index is 0.0751. The molecule has 0 spiro atoms. The monoisotopic (exact) mass is 254 g/mol. The molecule has 1 N–H and O–H groups in total. The van der Waals surface area contributed by atoms with Gasteiger partial charge >= 0.3 is 6.18 Å². The van der Waals surface area contributed by atoms with Crippen LogP contribution in [0.5, 0.6) is 0 Å². The molecule has 1 atom stereocenters. The Bertz CT molecular complexity index is 291. The first-order valence-electron chi connectivity index (χ1n) is 4.46. The van der Waals surface area contributed by atoms with E-state index in [0.717, 1.165) is 11.8 Å². The summed E-state index contributed by atoms with van der Waals surface area (Å²) in [5, 5.41) is 1.80. The van der Waals surface area contributed by atoms with Crippen molar-refractivity contribution >= 4 is 23.2 Å². The summed E-state index contributed by atoms with van der Waals surface area (Å²) < 4.78 is 36.6. The minimum atomic E-state index is -4.40. The quantitative estimate of drug-likeness (QED) is 0.616. The number of hydrogen-bond acceptors (Lipinski definition) is 2. The molecule has 0 fully saturated rings. The first-order chi connectivity index (χ1) is 7.20. The number of carbonyl (C=O) groups excluding carboxylic acids is 1. The fourth-order valence-electron chi connectivity index (χ4n) is 0.829. The maximum absolute atomic E-state index is 12.2. The van der Waals surface area contributed by atoms with Crippen LogP contribution in [0.25, 0.3) is 0 Å². The number of hydrogen-bond donors (Lipinski definition) is 1. The summed E-state index contributed by atoms with van der Waals surface area (Å²) in [7, 11) is 0. The average Bonchev–Trinajstić information content (AvgIpc) is 2.11. The summed E-state index contributed by atoms with van der Waals surface area (Å²) in [6, 6.07) is -1.80. The zero-order valence-electron chi connectivity index (χ0n) is 8.97. The number of rotatable bonds is 3. The molecular formula is C9H13F3N2OS. The first kappa shape index (κ1) is 14.9. The average molecular weight is 254 g/mol. The highest BCUT2D eigenvalue weighted by atomic mass is 32.1. The van der Waals surface area contributed by atoms with Gasteiger partial charge in [0.25, 0.3) is 0 Å². The maximum Gasteiger partial charge on any atom is 0.408 e. The molecule has 0 aliphatic heterocycles. The zero-order valence-corrected chi connectivity index (χ0v) is 9.78. The lowest BCUT2D eigenvalue weighted by Crippen LogP contribution is -2.50. The van der Waals surface area contributed by atoms with Crippen LogP contribution in [0.3, 0.4) is 0 Å². The Morgan fingerprint density at radius 3 is 2.44 bits per heavy atom. The van der Waals surface area contributed by atoms with Crippen molar-refractivity contribution in [2.75, 3.05) is 6.54 Å². The van der Waals surface area contributed by atoms with E-state index < -0.39 is 18.1 Å². The number of alkyl halides is 3. The first-order valence-corrected chi connectivity index (χ1v) is 4.87. The Hall–Kier alpha value is -1.11. The smallest absolute Gasteiger partial charge is 0.351 e. The summed E-state index contributed by atoms with van der Waals surface area (Å²) in [5.74, 6) is -0.438. The molecule has 16 heavy (non-hydrogen) atoms. The Balaban J connectivity index is 4.54. The largest absolute Gasteiger partial charge is 0.408 e. The molecule has 0 aromatic heterocycles. The molecule has 1 unspecified atom stereocenters. The van der Waals surface area contributed by atoms with Crippen LogP contribution in [0.1, 0.15) is 13.8 Å². The van der Waals surface area contributed by atoms with Crippen LogP contribution in [0.15, 0.2) is 12.7 Å². The van der Waals surface area contributed by atoms with Crippen molar-refractivity contribution in [2.24, 2.45) is 0 Å². The second-order valence-corrected chi connectivity index (χ2v) is 3.52. The third kappa shape index (κ3) is 4.61. The highest BCUT2D eigenvalue weighted by molar-refractivity contribution is 7.80. The fraction of sp³-hybridized carbons (Fsp3) is 0.556. The van der Waals surface area contributed by atoms with E-state index in [2.05, 4.69) is 6.58 Å². The van der Waals surface area contributed by atoms with Crippen LogP contribution in [-0.2, 0) is 4.79 Å². The lowest BCUT2D eigenvalue weighted by molar-refractivity contribution is -0.148. The molecule has 0 aliphatic carbocycles. The molecule has 0 aliphatic rings. The van der Waals surface area contributed by atoms with Crippen LogP contribution in [-0.4, -0.2) is 34.7 Å². The normalized spacial score (nSPS) is 12.8. The van der Waals surface area contributed by atoms with E-state index in [-0.39, 0.29) is 11.7 Å². The van der Waals surface area contributed by atoms with Crippen LogP contribution in [0.4, 0.5) is 13.2 Å². The highest BCUT2D eigenvalue weighted by Gasteiger charge is 2.37. The Morgan fingerprint density at radius 1 is 1.62 bits per heavy atom. The second-order valence-electron chi connectivity index (χ2n) is 3.13. The van der Waals surface area contributed by atoms with Crippen molar-refractivity contribution in [3.8, 4) is 0 Å². The van der Waals surface area contributed by atoms with Gasteiger partial charge in [-0.3, -0.25) is 9.69 Å². The van der Waals surface area contributed by atoms with Gasteiger partial charge in [-0.05, 0) is 19.1 Å². The molecule has 0 radical (unpaired) electrons. The minimum Gasteiger partial charge on any atom is -0.351 e. The van der Waals surface area contributed by atoms with Crippen LogP contribution in [0.2, 0.25) is 0 Å². The van der Waals surface area contributed by atoms with Gasteiger partial charge in [-0.15, -0.1) is 6.58 Å². The number of nitrogens with zero attached hydrogens (tertiary/aromatic N) is 1. The molecule has 1 amide bonds. The third-order valence-corrected chi connectivity index (χ3v) is 2.11. The number of halogens is 3. The van der Waals surface area contributed by atoms with E-state index in [0.29, 0.717) is 0 Å². The molecular weight excluding hydrogens is 241 g/mol. The maximum atomic E-state index is 12.2. The van der Waals surface area contributed by atoms with Gasteiger partial charge < -0.3 is 5.32 Å². The van der Waals surface area contributed by atoms with Gasteiger partial charge in [0, 0.05) is 13.5 Å². The van der Waals surface area contributed by atoms with E-state index in [1.807, 2.05) is 5.32 Å². The molecule has 0 bridgehead atoms. The Labute approximate surface area is 97.3 Å². The Kier molecular flexibility index (Phi) is 5.43. The van der Waals surface area contributed by atoms with Crippen LogP contribution >= 0.6 is 12.2 Å². The lowest BCUT2D eigenvalue weighted by Gasteiger charge is -2.25. The van der Waals surface area contributed by atoms with Crippen molar-refractivity contribution < 1.29 is 18.0 Å². The molecule has 0 saturated heterocycles. The number of nitrogens with one attached hydrogen (secondary N) is 1. The summed E-state index contributed by atoms with van der Waals surface area (Å²) >= 11 is 4.71. The van der Waals surface area contributed by atoms with Gasteiger partial charge in [0.15, 0.2) is 5.11 Å². The zero-order chi connectivity index (χ0) is 12.9. The van der Waals surface area contributed by atoms with E-state index in [1.54, 1.807) is 0 Å². The summed E-state index contributed by atoms with van der Waals surface area (Å²) in [6.07, 6.45) is -3.02. The highest BCUT2D eigenvalue weighted by Crippen LogP contribution is 2.19. The van der Waals surface area contributed by atoms with Gasteiger partial charge in [-0.1, -0.05) is 6.08 Å². The molecule has 0 aromatic carbocycles. The Morgan fingerprint density at radius 2 is 2.12 bits per heavy atom. The van der Waals surface area contributed by atoms with Crippen molar-refractivity contribution in [1.82, 2.24) is 10.2 Å². The predicted molar refractivity (Wildman–Crippen MR) is 58.8 cm³/mol.